The zero-order chi connectivity index (χ0) is 15.6. The van der Waals surface area contributed by atoms with Gasteiger partial charge < -0.3 is 0 Å². The number of nitrogens with one attached hydrogen (secondary N) is 1. The number of rotatable bonds is 4. The van der Waals surface area contributed by atoms with Crippen LogP contribution in [0.2, 0.25) is 0 Å². The summed E-state index contributed by atoms with van der Waals surface area (Å²) in [4.78, 5) is 13.8. The lowest BCUT2D eigenvalue weighted by atomic mass is 10.3. The van der Waals surface area contributed by atoms with Crippen LogP contribution < -0.4 is 4.72 Å². The number of sulfonamides is 1. The molecular weight excluding hydrogens is 362 g/mol. The van der Waals surface area contributed by atoms with Gasteiger partial charge in [0.25, 0.3) is 15.7 Å². The topological polar surface area (TPSA) is 102 Å². The molecular formula is C12H10BrN3O4S. The maximum Gasteiger partial charge on any atom is 0.289 e. The molecule has 0 saturated carbocycles. The maximum atomic E-state index is 12.3. The van der Waals surface area contributed by atoms with E-state index in [4.69, 9.17) is 0 Å². The Morgan fingerprint density at radius 1 is 1.33 bits per heavy atom. The number of aryl methyl sites for hydroxylation is 1. The van der Waals surface area contributed by atoms with Crippen molar-refractivity contribution in [2.75, 3.05) is 4.72 Å². The first-order valence-corrected chi connectivity index (χ1v) is 7.97. The third kappa shape index (κ3) is 3.37. The summed E-state index contributed by atoms with van der Waals surface area (Å²) in [7, 11) is -4.07. The predicted molar refractivity (Wildman–Crippen MR) is 80.6 cm³/mol. The molecule has 21 heavy (non-hydrogen) atoms. The molecule has 0 fully saturated rings. The van der Waals surface area contributed by atoms with E-state index in [2.05, 4.69) is 25.6 Å². The van der Waals surface area contributed by atoms with Crippen molar-refractivity contribution in [1.29, 1.82) is 0 Å². The van der Waals surface area contributed by atoms with Gasteiger partial charge in [0, 0.05) is 6.07 Å². The number of nitrogens with zero attached hydrogens (tertiary/aromatic N) is 2. The smallest absolute Gasteiger partial charge is 0.278 e. The van der Waals surface area contributed by atoms with Crippen molar-refractivity contribution in [2.45, 2.75) is 11.8 Å². The van der Waals surface area contributed by atoms with Crippen molar-refractivity contribution in [3.8, 4) is 0 Å². The van der Waals surface area contributed by atoms with Gasteiger partial charge in [0.1, 0.15) is 4.60 Å². The van der Waals surface area contributed by atoms with Crippen LogP contribution in [0.25, 0.3) is 0 Å². The standard InChI is InChI=1S/C12H10BrN3O4S/c1-8-6-9(7-14-12(8)13)15-21(19,20)11-5-3-2-4-10(11)16(17)18/h2-7,15H,1H3. The minimum atomic E-state index is -4.07. The van der Waals surface area contributed by atoms with E-state index in [1.165, 1.54) is 24.4 Å². The molecule has 9 heteroatoms. The van der Waals surface area contributed by atoms with Crippen LogP contribution in [0.3, 0.4) is 0 Å². The van der Waals surface area contributed by atoms with E-state index in [-0.39, 0.29) is 5.69 Å². The molecule has 1 aromatic heterocycles. The van der Waals surface area contributed by atoms with E-state index in [0.717, 1.165) is 11.6 Å². The summed E-state index contributed by atoms with van der Waals surface area (Å²) in [6.07, 6.45) is 1.32. The highest BCUT2D eigenvalue weighted by Crippen LogP contribution is 2.26. The van der Waals surface area contributed by atoms with Gasteiger partial charge in [-0.15, -0.1) is 0 Å². The lowest BCUT2D eigenvalue weighted by Gasteiger charge is -2.09. The van der Waals surface area contributed by atoms with Crippen LogP contribution in [0.5, 0.6) is 0 Å². The number of pyridine rings is 1. The van der Waals surface area contributed by atoms with Gasteiger partial charge in [-0.25, -0.2) is 13.4 Å². The van der Waals surface area contributed by atoms with Gasteiger partial charge in [-0.1, -0.05) is 12.1 Å². The highest BCUT2D eigenvalue weighted by atomic mass is 79.9. The Morgan fingerprint density at radius 3 is 2.62 bits per heavy atom. The van der Waals surface area contributed by atoms with E-state index < -0.39 is 25.5 Å². The van der Waals surface area contributed by atoms with Gasteiger partial charge >= 0.3 is 0 Å². The van der Waals surface area contributed by atoms with Gasteiger partial charge in [0.2, 0.25) is 0 Å². The number of nitro benzene ring substituents is 1. The fraction of sp³-hybridized carbons (Fsp3) is 0.0833. The first kappa shape index (κ1) is 15.4. The second-order valence-corrected chi connectivity index (χ2v) is 6.56. The Hall–Kier alpha value is -2.00. The molecule has 110 valence electrons. The van der Waals surface area contributed by atoms with Crippen LogP contribution >= 0.6 is 15.9 Å². The number of aromatic nitrogens is 1. The summed E-state index contributed by atoms with van der Waals surface area (Å²) in [5.74, 6) is 0. The lowest BCUT2D eigenvalue weighted by Crippen LogP contribution is -2.15. The molecule has 0 aliphatic heterocycles. The van der Waals surface area contributed by atoms with Crippen molar-refractivity contribution in [1.82, 2.24) is 4.98 Å². The van der Waals surface area contributed by atoms with E-state index >= 15 is 0 Å². The molecule has 1 aromatic carbocycles. The summed E-state index contributed by atoms with van der Waals surface area (Å²) >= 11 is 3.21. The fourth-order valence-electron chi connectivity index (χ4n) is 1.66. The SMILES string of the molecule is Cc1cc(NS(=O)(=O)c2ccccc2[N+](=O)[O-])cnc1Br. The third-order valence-corrected chi connectivity index (χ3v) is 4.88. The van der Waals surface area contributed by atoms with Gasteiger partial charge in [0.05, 0.1) is 16.8 Å². The number of benzene rings is 1. The van der Waals surface area contributed by atoms with Crippen LogP contribution in [-0.2, 0) is 10.0 Å². The maximum absolute atomic E-state index is 12.3. The molecule has 1 heterocycles. The summed E-state index contributed by atoms with van der Waals surface area (Å²) in [5.41, 5.74) is 0.485. The van der Waals surface area contributed by atoms with Crippen LogP contribution in [-0.4, -0.2) is 18.3 Å². The number of hydrogen-bond donors (Lipinski definition) is 1. The number of para-hydroxylation sites is 1. The zero-order valence-corrected chi connectivity index (χ0v) is 13.2. The van der Waals surface area contributed by atoms with Crippen molar-refractivity contribution in [3.05, 3.63) is 56.8 Å². The lowest BCUT2D eigenvalue weighted by molar-refractivity contribution is -0.387. The van der Waals surface area contributed by atoms with Gasteiger partial charge in [0.15, 0.2) is 4.90 Å². The summed E-state index contributed by atoms with van der Waals surface area (Å²) < 4.78 is 27.4. The van der Waals surface area contributed by atoms with E-state index in [9.17, 15) is 18.5 Å². The number of nitro groups is 1. The average molecular weight is 372 g/mol. The normalized spacial score (nSPS) is 11.1. The Labute approximate surface area is 129 Å². The third-order valence-electron chi connectivity index (χ3n) is 2.62. The Kier molecular flexibility index (Phi) is 4.24. The summed E-state index contributed by atoms with van der Waals surface area (Å²) in [5, 5.41) is 10.9. The Morgan fingerprint density at radius 2 is 2.00 bits per heavy atom. The molecule has 0 spiro atoms. The zero-order valence-electron chi connectivity index (χ0n) is 10.8. The molecule has 0 amide bonds. The number of halogens is 1. The van der Waals surface area contributed by atoms with Crippen LogP contribution in [0.4, 0.5) is 11.4 Å². The first-order valence-electron chi connectivity index (χ1n) is 5.69. The largest absolute Gasteiger partial charge is 0.289 e. The highest BCUT2D eigenvalue weighted by molar-refractivity contribution is 9.10. The molecule has 0 aliphatic carbocycles. The van der Waals surface area contributed by atoms with Crippen molar-refractivity contribution < 1.29 is 13.3 Å². The van der Waals surface area contributed by atoms with Crippen LogP contribution in [0.15, 0.2) is 46.0 Å². The van der Waals surface area contributed by atoms with E-state index in [0.29, 0.717) is 4.60 Å². The van der Waals surface area contributed by atoms with Crippen molar-refractivity contribution in [3.63, 3.8) is 0 Å². The van der Waals surface area contributed by atoms with E-state index in [1.54, 1.807) is 13.0 Å². The Balaban J connectivity index is 2.43. The molecule has 0 unspecified atom stereocenters. The average Bonchev–Trinajstić information content (AvgIpc) is 2.42. The first-order chi connectivity index (χ1) is 9.81. The minimum absolute atomic E-state index is 0.230. The van der Waals surface area contributed by atoms with Gasteiger partial charge in [-0.3, -0.25) is 14.8 Å². The highest BCUT2D eigenvalue weighted by Gasteiger charge is 2.25. The molecule has 2 rings (SSSR count). The van der Waals surface area contributed by atoms with E-state index in [1.807, 2.05) is 0 Å². The second kappa shape index (κ2) is 5.78. The number of anilines is 1. The van der Waals surface area contributed by atoms with Gasteiger partial charge in [-0.2, -0.15) is 0 Å². The molecule has 0 aliphatic rings. The molecule has 7 nitrogen and oxygen atoms in total. The van der Waals surface area contributed by atoms with Crippen LogP contribution in [0.1, 0.15) is 5.56 Å². The second-order valence-electron chi connectivity index (χ2n) is 4.16. The molecule has 2 aromatic rings. The summed E-state index contributed by atoms with van der Waals surface area (Å²) in [6.45, 7) is 1.75. The monoisotopic (exact) mass is 371 g/mol. The van der Waals surface area contributed by atoms with Crippen molar-refractivity contribution >= 4 is 37.3 Å². The molecule has 0 saturated heterocycles. The Bertz CT molecular complexity index is 808. The van der Waals surface area contributed by atoms with Crippen molar-refractivity contribution in [2.24, 2.45) is 0 Å². The molecule has 1 N–H and O–H groups in total. The van der Waals surface area contributed by atoms with Gasteiger partial charge in [-0.05, 0) is 40.5 Å². The fourth-order valence-corrected chi connectivity index (χ4v) is 3.08. The molecule has 0 bridgehead atoms. The predicted octanol–water partition coefficient (Wildman–Crippen LogP) is 2.86. The minimum Gasteiger partial charge on any atom is -0.278 e. The van der Waals surface area contributed by atoms with Crippen LogP contribution in [0, 0.1) is 17.0 Å². The molecule has 0 radical (unpaired) electrons. The summed E-state index contributed by atoms with van der Waals surface area (Å²) in [6, 6.07) is 6.72. The quantitative estimate of drug-likeness (QED) is 0.505. The molecule has 0 atom stereocenters. The number of hydrogen-bond acceptors (Lipinski definition) is 5.